The van der Waals surface area contributed by atoms with Crippen molar-refractivity contribution in [2.45, 2.75) is 18.7 Å². The molecule has 0 spiro atoms. The number of ether oxygens (including phenoxy) is 1. The van der Waals surface area contributed by atoms with E-state index in [0.717, 1.165) is 24.0 Å². The minimum Gasteiger partial charge on any atom is -0.485 e. The minimum atomic E-state index is -4.37. The Bertz CT molecular complexity index is 692. The first-order valence-electron chi connectivity index (χ1n) is 6.39. The molecule has 1 unspecified atom stereocenters. The third-order valence-corrected chi connectivity index (χ3v) is 3.48. The molecule has 1 heterocycles. The van der Waals surface area contributed by atoms with E-state index in [9.17, 15) is 18.0 Å². The van der Waals surface area contributed by atoms with Gasteiger partial charge in [-0.05, 0) is 41.5 Å². The summed E-state index contributed by atoms with van der Waals surface area (Å²) in [5.41, 5.74) is 1.16. The molecule has 1 aliphatic heterocycles. The first-order chi connectivity index (χ1) is 9.97. The van der Waals surface area contributed by atoms with Gasteiger partial charge in [0.15, 0.2) is 0 Å². The SMILES string of the molecule is O=Cc1ccc2c(c1)CC(c1cccc(C(F)(F)F)c1)O2. The molecule has 0 radical (unpaired) electrons. The van der Waals surface area contributed by atoms with Gasteiger partial charge in [-0.1, -0.05) is 12.1 Å². The first kappa shape index (κ1) is 13.7. The van der Waals surface area contributed by atoms with E-state index < -0.39 is 17.8 Å². The molecular formula is C16H11F3O2. The van der Waals surface area contributed by atoms with Gasteiger partial charge in [-0.25, -0.2) is 0 Å². The lowest BCUT2D eigenvalue weighted by molar-refractivity contribution is -0.137. The summed E-state index contributed by atoms with van der Waals surface area (Å²) < 4.78 is 43.9. The van der Waals surface area contributed by atoms with Gasteiger partial charge in [0, 0.05) is 12.0 Å². The number of alkyl halides is 3. The molecule has 2 aromatic carbocycles. The normalized spacial score (nSPS) is 17.2. The number of aldehydes is 1. The fourth-order valence-corrected chi connectivity index (χ4v) is 2.44. The number of fused-ring (bicyclic) bond motifs is 1. The summed E-state index contributed by atoms with van der Waals surface area (Å²) in [4.78, 5) is 10.7. The fourth-order valence-electron chi connectivity index (χ4n) is 2.44. The second-order valence-electron chi connectivity index (χ2n) is 4.92. The highest BCUT2D eigenvalue weighted by atomic mass is 19.4. The molecule has 0 aliphatic carbocycles. The summed E-state index contributed by atoms with van der Waals surface area (Å²) >= 11 is 0. The van der Waals surface area contributed by atoms with Gasteiger partial charge < -0.3 is 4.74 Å². The van der Waals surface area contributed by atoms with Crippen LogP contribution in [0.5, 0.6) is 5.75 Å². The maximum absolute atomic E-state index is 12.7. The second kappa shape index (κ2) is 4.91. The quantitative estimate of drug-likeness (QED) is 0.776. The van der Waals surface area contributed by atoms with E-state index in [-0.39, 0.29) is 0 Å². The molecular weight excluding hydrogens is 281 g/mol. The predicted octanol–water partition coefficient (Wildman–Crippen LogP) is 4.19. The van der Waals surface area contributed by atoms with Crippen LogP contribution in [0.1, 0.15) is 33.2 Å². The van der Waals surface area contributed by atoms with Crippen molar-refractivity contribution in [2.75, 3.05) is 0 Å². The summed E-state index contributed by atoms with van der Waals surface area (Å²) in [6.45, 7) is 0. The Morgan fingerprint density at radius 1 is 1.14 bits per heavy atom. The first-order valence-corrected chi connectivity index (χ1v) is 6.39. The van der Waals surface area contributed by atoms with Crippen LogP contribution in [0.2, 0.25) is 0 Å². The summed E-state index contributed by atoms with van der Waals surface area (Å²) in [5.74, 6) is 0.614. The average molecular weight is 292 g/mol. The molecule has 1 aliphatic rings. The summed E-state index contributed by atoms with van der Waals surface area (Å²) in [5, 5.41) is 0. The lowest BCUT2D eigenvalue weighted by Crippen LogP contribution is -2.08. The van der Waals surface area contributed by atoms with Crippen LogP contribution in [0.15, 0.2) is 42.5 Å². The van der Waals surface area contributed by atoms with Crippen LogP contribution >= 0.6 is 0 Å². The van der Waals surface area contributed by atoms with Gasteiger partial charge in [0.25, 0.3) is 0 Å². The number of halogens is 3. The highest BCUT2D eigenvalue weighted by molar-refractivity contribution is 5.75. The van der Waals surface area contributed by atoms with Crippen LogP contribution in [-0.2, 0) is 12.6 Å². The molecule has 21 heavy (non-hydrogen) atoms. The van der Waals surface area contributed by atoms with Gasteiger partial charge >= 0.3 is 6.18 Å². The molecule has 0 N–H and O–H groups in total. The Kier molecular flexibility index (Phi) is 3.20. The lowest BCUT2D eigenvalue weighted by Gasteiger charge is -2.13. The summed E-state index contributed by atoms with van der Waals surface area (Å²) in [6.07, 6.45) is -3.63. The average Bonchev–Trinajstić information content (AvgIpc) is 2.89. The van der Waals surface area contributed by atoms with Crippen molar-refractivity contribution in [3.05, 3.63) is 64.7 Å². The zero-order valence-corrected chi connectivity index (χ0v) is 10.9. The Morgan fingerprint density at radius 2 is 1.95 bits per heavy atom. The maximum Gasteiger partial charge on any atom is 0.416 e. The molecule has 0 saturated carbocycles. The number of benzene rings is 2. The maximum atomic E-state index is 12.7. The molecule has 108 valence electrons. The number of carbonyl (C=O) groups excluding carboxylic acids is 1. The molecule has 0 aromatic heterocycles. The van der Waals surface area contributed by atoms with Crippen molar-refractivity contribution < 1.29 is 22.7 Å². The molecule has 2 aromatic rings. The summed E-state index contributed by atoms with van der Waals surface area (Å²) in [7, 11) is 0. The van der Waals surface area contributed by atoms with Crippen molar-refractivity contribution in [2.24, 2.45) is 0 Å². The van der Waals surface area contributed by atoms with E-state index >= 15 is 0 Å². The second-order valence-corrected chi connectivity index (χ2v) is 4.92. The number of hydrogen-bond donors (Lipinski definition) is 0. The van der Waals surface area contributed by atoms with Crippen molar-refractivity contribution in [3.63, 3.8) is 0 Å². The third kappa shape index (κ3) is 2.63. The van der Waals surface area contributed by atoms with E-state index in [1.54, 1.807) is 24.3 Å². The van der Waals surface area contributed by atoms with Crippen LogP contribution in [0.3, 0.4) is 0 Å². The highest BCUT2D eigenvalue weighted by Gasteiger charge is 2.32. The van der Waals surface area contributed by atoms with E-state index in [2.05, 4.69) is 0 Å². The van der Waals surface area contributed by atoms with Gasteiger partial charge in [-0.3, -0.25) is 4.79 Å². The molecule has 3 rings (SSSR count). The predicted molar refractivity (Wildman–Crippen MR) is 70.3 cm³/mol. The highest BCUT2D eigenvalue weighted by Crippen LogP contribution is 2.38. The number of hydrogen-bond acceptors (Lipinski definition) is 2. The zero-order valence-electron chi connectivity index (χ0n) is 10.9. The van der Waals surface area contributed by atoms with E-state index in [4.69, 9.17) is 4.74 Å². The van der Waals surface area contributed by atoms with Gasteiger partial charge in [0.05, 0.1) is 5.56 Å². The van der Waals surface area contributed by atoms with E-state index in [1.165, 1.54) is 6.07 Å². The zero-order chi connectivity index (χ0) is 15.0. The van der Waals surface area contributed by atoms with Crippen molar-refractivity contribution in [1.29, 1.82) is 0 Å². The molecule has 0 saturated heterocycles. The molecule has 0 amide bonds. The summed E-state index contributed by atoms with van der Waals surface area (Å²) in [6, 6.07) is 10.1. The molecule has 0 bridgehead atoms. The van der Waals surface area contributed by atoms with Crippen LogP contribution < -0.4 is 4.74 Å². The smallest absolute Gasteiger partial charge is 0.416 e. The van der Waals surface area contributed by atoms with Crippen LogP contribution in [-0.4, -0.2) is 6.29 Å². The van der Waals surface area contributed by atoms with Crippen LogP contribution in [0.4, 0.5) is 13.2 Å². The Labute approximate surface area is 119 Å². The molecule has 0 fully saturated rings. The molecule has 1 atom stereocenters. The van der Waals surface area contributed by atoms with Crippen molar-refractivity contribution >= 4 is 6.29 Å². The van der Waals surface area contributed by atoms with Gasteiger partial charge in [-0.15, -0.1) is 0 Å². The molecule has 5 heteroatoms. The van der Waals surface area contributed by atoms with E-state index in [1.807, 2.05) is 0 Å². The van der Waals surface area contributed by atoms with Crippen LogP contribution in [0.25, 0.3) is 0 Å². The number of rotatable bonds is 2. The number of carbonyl (C=O) groups is 1. The Morgan fingerprint density at radius 3 is 2.67 bits per heavy atom. The van der Waals surface area contributed by atoms with Crippen LogP contribution in [0, 0.1) is 0 Å². The third-order valence-electron chi connectivity index (χ3n) is 3.48. The topological polar surface area (TPSA) is 26.3 Å². The standard InChI is InChI=1S/C16H11F3O2/c17-16(18,19)13-3-1-2-11(7-13)15-8-12-6-10(9-20)4-5-14(12)21-15/h1-7,9,15H,8H2. The Hall–Kier alpha value is -2.30. The van der Waals surface area contributed by atoms with Crippen molar-refractivity contribution in [3.8, 4) is 5.75 Å². The Balaban J connectivity index is 1.89. The fraction of sp³-hybridized carbons (Fsp3) is 0.188. The lowest BCUT2D eigenvalue weighted by atomic mass is 10.0. The van der Waals surface area contributed by atoms with Gasteiger partial charge in [-0.2, -0.15) is 13.2 Å². The minimum absolute atomic E-state index is 0.454. The monoisotopic (exact) mass is 292 g/mol. The molecule has 2 nitrogen and oxygen atoms in total. The van der Waals surface area contributed by atoms with E-state index in [0.29, 0.717) is 23.3 Å². The largest absolute Gasteiger partial charge is 0.485 e. The van der Waals surface area contributed by atoms with Crippen molar-refractivity contribution in [1.82, 2.24) is 0 Å². The van der Waals surface area contributed by atoms with Gasteiger partial charge in [0.2, 0.25) is 0 Å². The van der Waals surface area contributed by atoms with Gasteiger partial charge in [0.1, 0.15) is 18.1 Å².